The summed E-state index contributed by atoms with van der Waals surface area (Å²) in [6.45, 7) is 6.43. The van der Waals surface area contributed by atoms with Crippen molar-refractivity contribution in [2.75, 3.05) is 26.4 Å². The highest BCUT2D eigenvalue weighted by Crippen LogP contribution is 2.29. The molecule has 1 rings (SSSR count). The van der Waals surface area contributed by atoms with E-state index >= 15 is 0 Å². The van der Waals surface area contributed by atoms with Crippen molar-refractivity contribution in [2.24, 2.45) is 0 Å². The van der Waals surface area contributed by atoms with Gasteiger partial charge in [0.25, 0.3) is 0 Å². The number of ether oxygens (including phenoxy) is 4. The van der Waals surface area contributed by atoms with Crippen LogP contribution >= 0.6 is 0 Å². The van der Waals surface area contributed by atoms with Gasteiger partial charge in [0.05, 0.1) is 44.5 Å². The van der Waals surface area contributed by atoms with Crippen LogP contribution in [-0.4, -0.2) is 37.5 Å². The van der Waals surface area contributed by atoms with E-state index in [1.54, 1.807) is 30.7 Å². The largest absolute Gasteiger partial charge is 0.502 e. The van der Waals surface area contributed by atoms with Crippen LogP contribution in [0.3, 0.4) is 0 Å². The number of unbranched alkanes of at least 4 members (excludes halogenated alkanes) is 6. The van der Waals surface area contributed by atoms with Crippen LogP contribution in [0.2, 0.25) is 0 Å². The van der Waals surface area contributed by atoms with Gasteiger partial charge >= 0.3 is 5.97 Å². The molecule has 0 heterocycles. The number of benzene rings is 1. The van der Waals surface area contributed by atoms with Crippen molar-refractivity contribution in [3.05, 3.63) is 48.4 Å². The van der Waals surface area contributed by atoms with Gasteiger partial charge in [-0.05, 0) is 83.4 Å². The first-order valence-electron chi connectivity index (χ1n) is 11.3. The lowest BCUT2D eigenvalue weighted by molar-refractivity contribution is 0.0696. The summed E-state index contributed by atoms with van der Waals surface area (Å²) in [7, 11) is 0. The molecule has 0 unspecified atom stereocenters. The fourth-order valence-electron chi connectivity index (χ4n) is 2.85. The van der Waals surface area contributed by atoms with Crippen molar-refractivity contribution in [1.82, 2.24) is 0 Å². The van der Waals surface area contributed by atoms with Gasteiger partial charge in [0, 0.05) is 0 Å². The van der Waals surface area contributed by atoms with Gasteiger partial charge in [-0.3, -0.25) is 0 Å². The number of carboxylic acids is 1. The maximum atomic E-state index is 11.3. The molecular formula is C25H38O6. The van der Waals surface area contributed by atoms with Gasteiger partial charge in [-0.1, -0.05) is 12.2 Å². The van der Waals surface area contributed by atoms with Crippen LogP contribution in [0.15, 0.2) is 42.9 Å². The van der Waals surface area contributed by atoms with E-state index < -0.39 is 5.97 Å². The molecule has 0 aliphatic carbocycles. The quantitative estimate of drug-likeness (QED) is 0.202. The summed E-state index contributed by atoms with van der Waals surface area (Å²) < 4.78 is 22.3. The molecule has 0 atom stereocenters. The number of carboxylic acid groups (broad SMARTS) is 1. The zero-order valence-corrected chi connectivity index (χ0v) is 19.0. The highest BCUT2D eigenvalue weighted by molar-refractivity contribution is 5.88. The summed E-state index contributed by atoms with van der Waals surface area (Å²) >= 11 is 0. The van der Waals surface area contributed by atoms with E-state index in [1.807, 2.05) is 26.0 Å². The number of allylic oxidation sites excluding steroid dienone is 2. The van der Waals surface area contributed by atoms with Crippen LogP contribution in [-0.2, 0) is 9.47 Å². The Balaban J connectivity index is 2.33. The third kappa shape index (κ3) is 13.3. The molecule has 0 spiro atoms. The third-order valence-corrected chi connectivity index (χ3v) is 4.48. The van der Waals surface area contributed by atoms with Gasteiger partial charge < -0.3 is 24.1 Å². The second-order valence-corrected chi connectivity index (χ2v) is 7.17. The SMILES string of the molecule is CC=COCCCCCCOc1ccc(C(=O)O)cc1OCCCCCCOC=CC. The maximum absolute atomic E-state index is 11.3. The van der Waals surface area contributed by atoms with Crippen molar-refractivity contribution in [1.29, 1.82) is 0 Å². The normalized spacial score (nSPS) is 11.2. The molecule has 0 saturated carbocycles. The standard InChI is InChI=1S/C25H38O6/c1-3-15-28-17-9-5-7-11-19-30-23-14-13-22(25(26)27)21-24(23)31-20-12-8-6-10-18-29-16-4-2/h3-4,13-16,21H,5-12,17-20H2,1-2H3,(H,26,27). The minimum absolute atomic E-state index is 0.199. The van der Waals surface area contributed by atoms with Crippen LogP contribution in [0.5, 0.6) is 11.5 Å². The first-order chi connectivity index (χ1) is 15.2. The molecular weight excluding hydrogens is 396 g/mol. The minimum atomic E-state index is -0.974. The van der Waals surface area contributed by atoms with Crippen molar-refractivity contribution >= 4 is 5.97 Å². The summed E-state index contributed by atoms with van der Waals surface area (Å²) in [5.74, 6) is 0.120. The highest BCUT2D eigenvalue weighted by atomic mass is 16.5. The number of hydrogen-bond donors (Lipinski definition) is 1. The first kappa shape index (κ1) is 26.4. The number of aromatic carboxylic acids is 1. The molecule has 1 aromatic carbocycles. The van der Waals surface area contributed by atoms with Crippen molar-refractivity contribution in [3.8, 4) is 11.5 Å². The van der Waals surface area contributed by atoms with Crippen LogP contribution < -0.4 is 9.47 Å². The predicted octanol–water partition coefficient (Wildman–Crippen LogP) is 6.36. The zero-order valence-electron chi connectivity index (χ0n) is 19.0. The lowest BCUT2D eigenvalue weighted by Crippen LogP contribution is -2.05. The molecule has 0 aliphatic heterocycles. The first-order valence-corrected chi connectivity index (χ1v) is 11.3. The van der Waals surface area contributed by atoms with Gasteiger partial charge in [-0.25, -0.2) is 4.79 Å². The monoisotopic (exact) mass is 434 g/mol. The van der Waals surface area contributed by atoms with Crippen molar-refractivity contribution in [3.63, 3.8) is 0 Å². The summed E-state index contributed by atoms with van der Waals surface area (Å²) in [6, 6.07) is 4.78. The van der Waals surface area contributed by atoms with Gasteiger partial charge in [0.1, 0.15) is 0 Å². The van der Waals surface area contributed by atoms with E-state index in [-0.39, 0.29) is 5.56 Å². The van der Waals surface area contributed by atoms with E-state index in [0.29, 0.717) is 24.7 Å². The lowest BCUT2D eigenvalue weighted by atomic mass is 10.2. The smallest absolute Gasteiger partial charge is 0.335 e. The van der Waals surface area contributed by atoms with Crippen molar-refractivity contribution < 1.29 is 28.8 Å². The van der Waals surface area contributed by atoms with Crippen LogP contribution in [0.1, 0.15) is 75.6 Å². The molecule has 1 N–H and O–H groups in total. The van der Waals surface area contributed by atoms with Crippen LogP contribution in [0.4, 0.5) is 0 Å². The molecule has 0 radical (unpaired) electrons. The topological polar surface area (TPSA) is 74.2 Å². The molecule has 6 heteroatoms. The average molecular weight is 435 g/mol. The van der Waals surface area contributed by atoms with Gasteiger partial charge in [0.2, 0.25) is 0 Å². The molecule has 174 valence electrons. The van der Waals surface area contributed by atoms with E-state index in [4.69, 9.17) is 18.9 Å². The fourth-order valence-corrected chi connectivity index (χ4v) is 2.85. The lowest BCUT2D eigenvalue weighted by Gasteiger charge is -2.13. The maximum Gasteiger partial charge on any atom is 0.335 e. The Morgan fingerprint density at radius 2 is 1.23 bits per heavy atom. The minimum Gasteiger partial charge on any atom is -0.502 e. The second-order valence-electron chi connectivity index (χ2n) is 7.17. The van der Waals surface area contributed by atoms with Gasteiger partial charge in [0.15, 0.2) is 11.5 Å². The molecule has 0 aromatic heterocycles. The summed E-state index contributed by atoms with van der Waals surface area (Å²) in [4.78, 5) is 11.3. The Kier molecular flexibility index (Phi) is 15.5. The average Bonchev–Trinajstić information content (AvgIpc) is 2.77. The van der Waals surface area contributed by atoms with E-state index in [1.165, 1.54) is 0 Å². The number of hydrogen-bond acceptors (Lipinski definition) is 5. The zero-order chi connectivity index (χ0) is 22.6. The van der Waals surface area contributed by atoms with E-state index in [9.17, 15) is 9.90 Å². The molecule has 0 aliphatic rings. The summed E-state index contributed by atoms with van der Waals surface area (Å²) in [5.41, 5.74) is 0.199. The van der Waals surface area contributed by atoms with Crippen LogP contribution in [0, 0.1) is 0 Å². The van der Waals surface area contributed by atoms with Gasteiger partial charge in [-0.15, -0.1) is 0 Å². The Morgan fingerprint density at radius 3 is 1.71 bits per heavy atom. The Morgan fingerprint density at radius 1 is 0.742 bits per heavy atom. The Bertz CT molecular complexity index is 653. The summed E-state index contributed by atoms with van der Waals surface area (Å²) in [6.07, 6.45) is 15.3. The Hall–Kier alpha value is -2.63. The van der Waals surface area contributed by atoms with Crippen molar-refractivity contribution in [2.45, 2.75) is 65.2 Å². The Labute approximate surface area is 186 Å². The number of carbonyl (C=O) groups is 1. The third-order valence-electron chi connectivity index (χ3n) is 4.48. The fraction of sp³-hybridized carbons (Fsp3) is 0.560. The van der Waals surface area contributed by atoms with Crippen LogP contribution in [0.25, 0.3) is 0 Å². The molecule has 0 amide bonds. The number of rotatable bonds is 19. The molecule has 0 fully saturated rings. The molecule has 1 aromatic rings. The molecule has 6 nitrogen and oxygen atoms in total. The molecule has 0 saturated heterocycles. The highest BCUT2D eigenvalue weighted by Gasteiger charge is 2.11. The summed E-state index contributed by atoms with van der Waals surface area (Å²) in [5, 5.41) is 9.25. The molecule has 0 bridgehead atoms. The predicted molar refractivity (Wildman–Crippen MR) is 123 cm³/mol. The second kappa shape index (κ2) is 18.2. The molecule has 31 heavy (non-hydrogen) atoms. The van der Waals surface area contributed by atoms with E-state index in [2.05, 4.69) is 0 Å². The van der Waals surface area contributed by atoms with E-state index in [0.717, 1.165) is 64.6 Å². The van der Waals surface area contributed by atoms with Gasteiger partial charge in [-0.2, -0.15) is 0 Å².